The van der Waals surface area contributed by atoms with Gasteiger partial charge < -0.3 is 11.1 Å². The van der Waals surface area contributed by atoms with Gasteiger partial charge in [0.15, 0.2) is 5.78 Å². The van der Waals surface area contributed by atoms with Crippen LogP contribution >= 0.6 is 0 Å². The first-order valence-corrected chi connectivity index (χ1v) is 5.47. The Morgan fingerprint density at radius 2 is 1.81 bits per heavy atom. The van der Waals surface area contributed by atoms with Gasteiger partial charge in [0.05, 0.1) is 6.67 Å². The van der Waals surface area contributed by atoms with Crippen LogP contribution in [0, 0.1) is 0 Å². The molecular weight excluding hydrogens is 208 g/mol. The number of hydrogen-bond donors (Lipinski definition) is 2. The average molecular weight is 228 g/mol. The van der Waals surface area contributed by atoms with Crippen molar-refractivity contribution in [2.75, 3.05) is 32.8 Å². The van der Waals surface area contributed by atoms with Crippen LogP contribution < -0.4 is 11.1 Å². The Morgan fingerprint density at radius 1 is 1.25 bits per heavy atom. The molecular formula is C10H20N4O2. The summed E-state index contributed by atoms with van der Waals surface area (Å²) in [4.78, 5) is 25.9. The quantitative estimate of drug-likeness (QED) is 0.617. The molecule has 16 heavy (non-hydrogen) atoms. The molecule has 0 radical (unpaired) electrons. The van der Waals surface area contributed by atoms with E-state index in [2.05, 4.69) is 10.2 Å². The fourth-order valence-electron chi connectivity index (χ4n) is 1.68. The molecule has 0 aromatic rings. The minimum Gasteiger partial charge on any atom is -0.344 e. The third-order valence-corrected chi connectivity index (χ3v) is 2.77. The molecule has 1 aliphatic heterocycles. The molecule has 1 amide bonds. The predicted molar refractivity (Wildman–Crippen MR) is 60.5 cm³/mol. The van der Waals surface area contributed by atoms with Gasteiger partial charge in [-0.25, -0.2) is 0 Å². The maximum absolute atomic E-state index is 11.1. The van der Waals surface area contributed by atoms with Crippen LogP contribution in [0.5, 0.6) is 0 Å². The van der Waals surface area contributed by atoms with Crippen LogP contribution in [-0.2, 0) is 9.59 Å². The van der Waals surface area contributed by atoms with Gasteiger partial charge >= 0.3 is 0 Å². The van der Waals surface area contributed by atoms with Crippen LogP contribution in [0.25, 0.3) is 0 Å². The number of nitrogens with one attached hydrogen (secondary N) is 1. The molecule has 1 rings (SSSR count). The molecule has 0 saturated carbocycles. The zero-order valence-electron chi connectivity index (χ0n) is 9.90. The van der Waals surface area contributed by atoms with Crippen molar-refractivity contribution in [1.82, 2.24) is 15.1 Å². The maximum atomic E-state index is 11.1. The summed E-state index contributed by atoms with van der Waals surface area (Å²) in [5.41, 5.74) is 5.75. The van der Waals surface area contributed by atoms with E-state index in [1.54, 1.807) is 0 Å². The molecule has 0 aliphatic carbocycles. The number of hydrogen-bond acceptors (Lipinski definition) is 5. The number of ketones is 1. The van der Waals surface area contributed by atoms with E-state index in [-0.39, 0.29) is 11.7 Å². The fourth-order valence-corrected chi connectivity index (χ4v) is 1.68. The fraction of sp³-hybridized carbons (Fsp3) is 0.800. The van der Waals surface area contributed by atoms with Crippen LogP contribution in [0.3, 0.4) is 0 Å². The van der Waals surface area contributed by atoms with Gasteiger partial charge in [0.25, 0.3) is 0 Å². The molecule has 1 unspecified atom stereocenters. The second-order valence-electron chi connectivity index (χ2n) is 4.10. The number of rotatable bonds is 4. The Kier molecular flexibility index (Phi) is 4.85. The molecule has 1 heterocycles. The third-order valence-electron chi connectivity index (χ3n) is 2.77. The summed E-state index contributed by atoms with van der Waals surface area (Å²) in [6.45, 7) is 6.75. The molecule has 3 N–H and O–H groups in total. The molecule has 0 aromatic heterocycles. The first-order chi connectivity index (χ1) is 7.50. The highest BCUT2D eigenvalue weighted by Gasteiger charge is 2.23. The predicted octanol–water partition coefficient (Wildman–Crippen LogP) is -1.43. The van der Waals surface area contributed by atoms with Gasteiger partial charge in [0, 0.05) is 33.1 Å². The minimum absolute atomic E-state index is 0.00434. The Bertz CT molecular complexity index is 262. The second-order valence-corrected chi connectivity index (χ2v) is 4.10. The summed E-state index contributed by atoms with van der Waals surface area (Å²) in [6, 6.07) is 0. The minimum atomic E-state index is -0.483. The Balaban J connectivity index is 2.28. The van der Waals surface area contributed by atoms with Crippen molar-refractivity contribution < 1.29 is 9.59 Å². The lowest BCUT2D eigenvalue weighted by molar-refractivity contribution is -0.122. The van der Waals surface area contributed by atoms with Crippen LogP contribution in [-0.4, -0.2) is 60.5 Å². The molecule has 92 valence electrons. The molecule has 0 aromatic carbocycles. The van der Waals surface area contributed by atoms with E-state index in [9.17, 15) is 9.59 Å². The first-order valence-electron chi connectivity index (χ1n) is 5.47. The van der Waals surface area contributed by atoms with Crippen molar-refractivity contribution in [2.45, 2.75) is 20.0 Å². The largest absolute Gasteiger partial charge is 0.344 e. The number of nitrogens with two attached hydrogens (primary N) is 1. The number of amides is 1. The summed E-state index contributed by atoms with van der Waals surface area (Å²) in [5.74, 6) is -0.0295. The topological polar surface area (TPSA) is 78.7 Å². The van der Waals surface area contributed by atoms with E-state index in [0.717, 1.165) is 26.2 Å². The summed E-state index contributed by atoms with van der Waals surface area (Å²) < 4.78 is 0. The van der Waals surface area contributed by atoms with E-state index in [4.69, 9.17) is 5.73 Å². The van der Waals surface area contributed by atoms with Crippen molar-refractivity contribution in [3.05, 3.63) is 0 Å². The van der Waals surface area contributed by atoms with Crippen LogP contribution in [0.4, 0.5) is 0 Å². The number of Topliss-reactive ketones (excluding diaryl/α,β-unsaturated/α-hetero) is 1. The van der Waals surface area contributed by atoms with Crippen LogP contribution in [0.1, 0.15) is 13.8 Å². The monoisotopic (exact) mass is 228 g/mol. The Labute approximate surface area is 95.8 Å². The van der Waals surface area contributed by atoms with E-state index >= 15 is 0 Å². The number of carbonyl (C=O) groups is 2. The normalized spacial score (nSPS) is 20.4. The lowest BCUT2D eigenvalue weighted by atomic mass is 10.2. The second kappa shape index (κ2) is 5.93. The highest BCUT2D eigenvalue weighted by molar-refractivity contribution is 5.80. The molecule has 1 atom stereocenters. The summed E-state index contributed by atoms with van der Waals surface area (Å²) in [7, 11) is 0. The van der Waals surface area contributed by atoms with Crippen molar-refractivity contribution in [3.63, 3.8) is 0 Å². The average Bonchev–Trinajstić information content (AvgIpc) is 2.26. The maximum Gasteiger partial charge on any atom is 0.217 e. The highest BCUT2D eigenvalue weighted by Crippen LogP contribution is 2.03. The Hall–Kier alpha value is -0.980. The van der Waals surface area contributed by atoms with Gasteiger partial charge in [0.1, 0.15) is 6.17 Å². The van der Waals surface area contributed by atoms with Gasteiger partial charge in [0.2, 0.25) is 5.91 Å². The lowest BCUT2D eigenvalue weighted by Gasteiger charge is -2.36. The van der Waals surface area contributed by atoms with Gasteiger partial charge in [-0.05, 0) is 6.92 Å². The van der Waals surface area contributed by atoms with E-state index < -0.39 is 6.17 Å². The van der Waals surface area contributed by atoms with Crippen molar-refractivity contribution in [3.8, 4) is 0 Å². The molecule has 6 heteroatoms. The van der Waals surface area contributed by atoms with E-state index in [0.29, 0.717) is 6.67 Å². The van der Waals surface area contributed by atoms with E-state index in [1.807, 2.05) is 4.90 Å². The molecule has 0 bridgehead atoms. The van der Waals surface area contributed by atoms with E-state index in [1.165, 1.54) is 13.8 Å². The van der Waals surface area contributed by atoms with Gasteiger partial charge in [-0.3, -0.25) is 19.4 Å². The number of nitrogens with zero attached hydrogens (tertiary/aromatic N) is 2. The van der Waals surface area contributed by atoms with Crippen LogP contribution in [0.2, 0.25) is 0 Å². The summed E-state index contributed by atoms with van der Waals surface area (Å²) in [5, 5.41) is 2.75. The lowest BCUT2D eigenvalue weighted by Crippen LogP contribution is -2.56. The zero-order chi connectivity index (χ0) is 12.1. The molecule has 1 saturated heterocycles. The Morgan fingerprint density at radius 3 is 2.25 bits per heavy atom. The molecule has 0 spiro atoms. The van der Waals surface area contributed by atoms with Gasteiger partial charge in [-0.2, -0.15) is 0 Å². The highest BCUT2D eigenvalue weighted by atomic mass is 16.1. The third kappa shape index (κ3) is 3.88. The number of piperazine rings is 1. The number of carbonyl (C=O) groups excluding carboxylic acids is 2. The van der Waals surface area contributed by atoms with Crippen molar-refractivity contribution in [2.24, 2.45) is 5.73 Å². The molecule has 1 aliphatic rings. The SMILES string of the molecule is CC(=O)NCN1CCN(C(N)C(C)=O)CC1. The summed E-state index contributed by atoms with van der Waals surface area (Å²) in [6.07, 6.45) is -0.483. The summed E-state index contributed by atoms with van der Waals surface area (Å²) >= 11 is 0. The molecule has 6 nitrogen and oxygen atoms in total. The molecule has 1 fully saturated rings. The van der Waals surface area contributed by atoms with Crippen molar-refractivity contribution >= 4 is 11.7 Å². The van der Waals surface area contributed by atoms with Gasteiger partial charge in [-0.1, -0.05) is 0 Å². The smallest absolute Gasteiger partial charge is 0.217 e. The first kappa shape index (κ1) is 13.1. The van der Waals surface area contributed by atoms with Gasteiger partial charge in [-0.15, -0.1) is 0 Å². The van der Waals surface area contributed by atoms with Crippen LogP contribution in [0.15, 0.2) is 0 Å². The standard InChI is InChI=1S/C10H20N4O2/c1-8(15)10(11)14-5-3-13(4-6-14)7-12-9(2)16/h10H,3-7,11H2,1-2H3,(H,12,16). The zero-order valence-corrected chi connectivity index (χ0v) is 9.90. The van der Waals surface area contributed by atoms with Crippen molar-refractivity contribution in [1.29, 1.82) is 0 Å².